The first-order valence-corrected chi connectivity index (χ1v) is 8.17. The molecule has 0 radical (unpaired) electrons. The highest BCUT2D eigenvalue weighted by Crippen LogP contribution is 2.19. The van der Waals surface area contributed by atoms with E-state index in [1.54, 1.807) is 30.5 Å². The highest BCUT2D eigenvalue weighted by molar-refractivity contribution is 5.94. The molecule has 2 atom stereocenters. The van der Waals surface area contributed by atoms with Crippen molar-refractivity contribution in [2.45, 2.75) is 31.6 Å². The second-order valence-corrected chi connectivity index (χ2v) is 6.03. The number of aromatic nitrogens is 1. The van der Waals surface area contributed by atoms with Gasteiger partial charge in [0.25, 0.3) is 11.5 Å². The first-order chi connectivity index (χ1) is 12.1. The van der Waals surface area contributed by atoms with Gasteiger partial charge in [-0.3, -0.25) is 9.59 Å². The van der Waals surface area contributed by atoms with E-state index in [1.165, 1.54) is 16.7 Å². The highest BCUT2D eigenvalue weighted by atomic mass is 19.1. The number of anilines is 1. The van der Waals surface area contributed by atoms with E-state index in [2.05, 4.69) is 5.32 Å². The molecule has 0 spiro atoms. The van der Waals surface area contributed by atoms with Gasteiger partial charge in [-0.25, -0.2) is 4.39 Å². The number of nitrogens with two attached hydrogens (primary N) is 1. The standard InChI is InChI=1S/C18H20FN3O3/c19-13-5-3-12(4-6-13)11-22-9-1-2-15(18(22)24)21-17(23)16-8-7-14(10-20)25-16/h1-6,9,14,16H,7-8,10-11,20H2,(H,21,23)/t14-,16+/m1/s1. The van der Waals surface area contributed by atoms with Crippen LogP contribution in [0.1, 0.15) is 18.4 Å². The fourth-order valence-corrected chi connectivity index (χ4v) is 2.83. The van der Waals surface area contributed by atoms with Crippen LogP contribution in [0.15, 0.2) is 47.4 Å². The van der Waals surface area contributed by atoms with Gasteiger partial charge in [0.2, 0.25) is 0 Å². The molecule has 1 amide bonds. The number of nitrogens with zero attached hydrogens (tertiary/aromatic N) is 1. The minimum Gasteiger partial charge on any atom is -0.364 e. The van der Waals surface area contributed by atoms with Crippen LogP contribution in [0.25, 0.3) is 0 Å². The van der Waals surface area contributed by atoms with Gasteiger partial charge in [-0.1, -0.05) is 12.1 Å². The van der Waals surface area contributed by atoms with Crippen molar-refractivity contribution in [1.82, 2.24) is 4.57 Å². The molecule has 0 bridgehead atoms. The number of hydrogen-bond acceptors (Lipinski definition) is 4. The molecule has 1 aromatic heterocycles. The Balaban J connectivity index is 1.71. The van der Waals surface area contributed by atoms with Gasteiger partial charge in [-0.05, 0) is 42.7 Å². The monoisotopic (exact) mass is 345 g/mol. The minimum atomic E-state index is -0.585. The number of amides is 1. The number of carbonyl (C=O) groups is 1. The first-order valence-electron chi connectivity index (χ1n) is 8.17. The Morgan fingerprint density at radius 2 is 2.04 bits per heavy atom. The summed E-state index contributed by atoms with van der Waals surface area (Å²) in [6, 6.07) is 9.16. The lowest BCUT2D eigenvalue weighted by atomic mass is 10.2. The topological polar surface area (TPSA) is 86.4 Å². The average Bonchev–Trinajstić information content (AvgIpc) is 3.09. The Bertz CT molecular complexity index is 804. The number of ether oxygens (including phenoxy) is 1. The van der Waals surface area contributed by atoms with Crippen LogP contribution in [0.3, 0.4) is 0 Å². The largest absolute Gasteiger partial charge is 0.364 e. The Morgan fingerprint density at radius 3 is 2.72 bits per heavy atom. The summed E-state index contributed by atoms with van der Waals surface area (Å²) in [6.45, 7) is 0.664. The Morgan fingerprint density at radius 1 is 1.28 bits per heavy atom. The molecule has 1 aliphatic rings. The molecule has 1 saturated heterocycles. The molecule has 0 unspecified atom stereocenters. The summed E-state index contributed by atoms with van der Waals surface area (Å²) < 4.78 is 20.0. The lowest BCUT2D eigenvalue weighted by molar-refractivity contribution is -0.126. The molecule has 1 aromatic carbocycles. The van der Waals surface area contributed by atoms with Crippen LogP contribution in [-0.2, 0) is 16.1 Å². The van der Waals surface area contributed by atoms with Crippen molar-refractivity contribution in [3.05, 3.63) is 64.3 Å². The molecule has 2 aromatic rings. The van der Waals surface area contributed by atoms with E-state index >= 15 is 0 Å². The predicted octanol–water partition coefficient (Wildman–Crippen LogP) is 1.48. The Labute approximate surface area is 144 Å². The minimum absolute atomic E-state index is 0.110. The molecule has 132 valence electrons. The van der Waals surface area contributed by atoms with E-state index in [4.69, 9.17) is 10.5 Å². The fraction of sp³-hybridized carbons (Fsp3) is 0.333. The number of pyridine rings is 1. The summed E-state index contributed by atoms with van der Waals surface area (Å²) in [7, 11) is 0. The average molecular weight is 345 g/mol. The zero-order chi connectivity index (χ0) is 17.8. The van der Waals surface area contributed by atoms with Gasteiger partial charge >= 0.3 is 0 Å². The number of nitrogens with one attached hydrogen (secondary N) is 1. The summed E-state index contributed by atoms with van der Waals surface area (Å²) in [5.41, 5.74) is 6.19. The van der Waals surface area contributed by atoms with Crippen molar-refractivity contribution < 1.29 is 13.9 Å². The number of carbonyl (C=O) groups excluding carboxylic acids is 1. The number of halogens is 1. The van der Waals surface area contributed by atoms with Crippen molar-refractivity contribution in [2.24, 2.45) is 5.73 Å². The Kier molecular flexibility index (Phi) is 5.25. The van der Waals surface area contributed by atoms with Gasteiger partial charge in [0.15, 0.2) is 0 Å². The summed E-state index contributed by atoms with van der Waals surface area (Å²) in [4.78, 5) is 24.8. The maximum atomic E-state index is 13.0. The molecule has 3 N–H and O–H groups in total. The summed E-state index contributed by atoms with van der Waals surface area (Å²) in [6.07, 6.45) is 2.25. The normalized spacial score (nSPS) is 19.8. The van der Waals surface area contributed by atoms with Crippen LogP contribution >= 0.6 is 0 Å². The molecule has 7 heteroatoms. The van der Waals surface area contributed by atoms with Crippen molar-refractivity contribution in [3.63, 3.8) is 0 Å². The molecule has 6 nitrogen and oxygen atoms in total. The molecular weight excluding hydrogens is 325 g/mol. The van der Waals surface area contributed by atoms with Crippen LogP contribution in [0.5, 0.6) is 0 Å². The first kappa shape index (κ1) is 17.3. The van der Waals surface area contributed by atoms with Crippen LogP contribution in [0.2, 0.25) is 0 Å². The lowest BCUT2D eigenvalue weighted by Gasteiger charge is -2.13. The molecule has 25 heavy (non-hydrogen) atoms. The van der Waals surface area contributed by atoms with Crippen LogP contribution < -0.4 is 16.6 Å². The Hall–Kier alpha value is -2.51. The summed E-state index contributed by atoms with van der Waals surface area (Å²) >= 11 is 0. The number of rotatable bonds is 5. The van der Waals surface area contributed by atoms with Gasteiger partial charge < -0.3 is 20.4 Å². The molecule has 1 fully saturated rings. The molecule has 0 saturated carbocycles. The highest BCUT2D eigenvalue weighted by Gasteiger charge is 2.30. The van der Waals surface area contributed by atoms with Crippen molar-refractivity contribution in [3.8, 4) is 0 Å². The summed E-state index contributed by atoms with van der Waals surface area (Å²) in [5.74, 6) is -0.669. The van der Waals surface area contributed by atoms with Crippen LogP contribution in [0, 0.1) is 5.82 Å². The molecular formula is C18H20FN3O3. The van der Waals surface area contributed by atoms with Crippen molar-refractivity contribution >= 4 is 11.6 Å². The molecule has 2 heterocycles. The third kappa shape index (κ3) is 4.12. The van der Waals surface area contributed by atoms with Crippen molar-refractivity contribution in [2.75, 3.05) is 11.9 Å². The third-order valence-electron chi connectivity index (χ3n) is 4.21. The van der Waals surface area contributed by atoms with Gasteiger partial charge in [0, 0.05) is 12.7 Å². The van der Waals surface area contributed by atoms with Crippen molar-refractivity contribution in [1.29, 1.82) is 0 Å². The second-order valence-electron chi connectivity index (χ2n) is 6.03. The van der Waals surface area contributed by atoms with Gasteiger partial charge in [0.1, 0.15) is 17.6 Å². The lowest BCUT2D eigenvalue weighted by Crippen LogP contribution is -2.33. The second kappa shape index (κ2) is 7.58. The zero-order valence-electron chi connectivity index (χ0n) is 13.7. The van der Waals surface area contributed by atoms with E-state index in [0.717, 1.165) is 12.0 Å². The predicted molar refractivity (Wildman–Crippen MR) is 91.8 cm³/mol. The number of hydrogen-bond donors (Lipinski definition) is 2. The third-order valence-corrected chi connectivity index (χ3v) is 4.21. The molecule has 3 rings (SSSR count). The zero-order valence-corrected chi connectivity index (χ0v) is 13.7. The number of benzene rings is 1. The summed E-state index contributed by atoms with van der Waals surface area (Å²) in [5, 5.41) is 2.63. The van der Waals surface area contributed by atoms with Crippen LogP contribution in [-0.4, -0.2) is 29.2 Å². The fourth-order valence-electron chi connectivity index (χ4n) is 2.83. The molecule has 0 aliphatic carbocycles. The smallest absolute Gasteiger partial charge is 0.274 e. The van der Waals surface area contributed by atoms with Gasteiger partial charge in [0.05, 0.1) is 12.6 Å². The maximum absolute atomic E-state index is 13.0. The van der Waals surface area contributed by atoms with Crippen LogP contribution in [0.4, 0.5) is 10.1 Å². The SMILES string of the molecule is NC[C@H]1CC[C@@H](C(=O)Nc2cccn(Cc3ccc(F)cc3)c2=O)O1. The quantitative estimate of drug-likeness (QED) is 0.859. The van der Waals surface area contributed by atoms with Gasteiger partial charge in [-0.15, -0.1) is 0 Å². The van der Waals surface area contributed by atoms with E-state index in [0.29, 0.717) is 13.0 Å². The van der Waals surface area contributed by atoms with E-state index < -0.39 is 6.10 Å². The van der Waals surface area contributed by atoms with E-state index in [-0.39, 0.29) is 35.6 Å². The maximum Gasteiger partial charge on any atom is 0.274 e. The van der Waals surface area contributed by atoms with E-state index in [9.17, 15) is 14.0 Å². The van der Waals surface area contributed by atoms with E-state index in [1.807, 2.05) is 0 Å². The van der Waals surface area contributed by atoms with Gasteiger partial charge in [-0.2, -0.15) is 0 Å². The molecule has 1 aliphatic heterocycles.